The second kappa shape index (κ2) is 10.7. The third-order valence-electron chi connectivity index (χ3n) is 6.34. The fraction of sp³-hybridized carbons (Fsp3) is 0.393. The number of nitrogens with one attached hydrogen (secondary N) is 1. The van der Waals surface area contributed by atoms with Crippen molar-refractivity contribution in [1.29, 1.82) is 0 Å². The van der Waals surface area contributed by atoms with Crippen LogP contribution in [-0.4, -0.2) is 39.9 Å². The average Bonchev–Trinajstić information content (AvgIpc) is 3.17. The zero-order chi connectivity index (χ0) is 26.9. The molecule has 0 unspecified atom stereocenters. The van der Waals surface area contributed by atoms with E-state index in [1.165, 1.54) is 40.9 Å². The SMILES string of the molecule is CC[C@H](C)NC(=O)CN1C(=O)CS[C@@H](c2cccc(F)c2)c2c(C(C)(C)C)nn(-c3ccc(F)cc3)c21. The Morgan fingerprint density at radius 3 is 2.49 bits per heavy atom. The molecule has 0 fully saturated rings. The summed E-state index contributed by atoms with van der Waals surface area (Å²) in [5, 5.41) is 7.47. The molecule has 1 N–H and O–H groups in total. The van der Waals surface area contributed by atoms with Gasteiger partial charge in [0.2, 0.25) is 11.8 Å². The molecule has 0 radical (unpaired) electrons. The van der Waals surface area contributed by atoms with Gasteiger partial charge in [0.25, 0.3) is 0 Å². The van der Waals surface area contributed by atoms with Gasteiger partial charge in [0, 0.05) is 17.0 Å². The molecule has 0 aliphatic carbocycles. The van der Waals surface area contributed by atoms with Crippen molar-refractivity contribution in [2.45, 2.75) is 57.7 Å². The molecule has 0 bridgehead atoms. The van der Waals surface area contributed by atoms with Crippen molar-refractivity contribution in [2.24, 2.45) is 0 Å². The highest BCUT2D eigenvalue weighted by atomic mass is 32.2. The summed E-state index contributed by atoms with van der Waals surface area (Å²) in [6.45, 7) is 9.74. The molecule has 1 aromatic heterocycles. The molecule has 3 aromatic rings. The Morgan fingerprint density at radius 1 is 1.16 bits per heavy atom. The lowest BCUT2D eigenvalue weighted by molar-refractivity contribution is -0.123. The van der Waals surface area contributed by atoms with E-state index in [0.717, 1.165) is 17.7 Å². The Hall–Kier alpha value is -3.20. The van der Waals surface area contributed by atoms with Gasteiger partial charge in [0.1, 0.15) is 24.0 Å². The van der Waals surface area contributed by atoms with Gasteiger partial charge in [0.15, 0.2) is 0 Å². The number of nitrogens with zero attached hydrogens (tertiary/aromatic N) is 3. The lowest BCUT2D eigenvalue weighted by Crippen LogP contribution is -2.44. The van der Waals surface area contributed by atoms with Crippen molar-refractivity contribution < 1.29 is 18.4 Å². The first kappa shape index (κ1) is 26.9. The maximum Gasteiger partial charge on any atom is 0.240 e. The van der Waals surface area contributed by atoms with Crippen molar-refractivity contribution in [1.82, 2.24) is 15.1 Å². The Labute approximate surface area is 220 Å². The highest BCUT2D eigenvalue weighted by Gasteiger charge is 2.40. The predicted octanol–water partition coefficient (Wildman–Crippen LogP) is 5.53. The monoisotopic (exact) mass is 526 g/mol. The standard InChI is InChI=1S/C28H32F2N4O2S/c1-6-17(2)31-22(35)15-33-23(36)16-37-25(18-8-7-9-20(30)14-18)24-26(28(3,4)5)32-34(27(24)33)21-12-10-19(29)11-13-21/h7-14,17,25H,6,15-16H2,1-5H3,(H,31,35)/t17-,25-/m0/s1. The Bertz CT molecular complexity index is 1300. The first-order valence-electron chi connectivity index (χ1n) is 12.4. The van der Waals surface area contributed by atoms with E-state index in [-0.39, 0.29) is 36.0 Å². The van der Waals surface area contributed by atoms with Crippen molar-refractivity contribution >= 4 is 29.4 Å². The molecule has 1 aliphatic rings. The molecule has 2 heterocycles. The van der Waals surface area contributed by atoms with Crippen molar-refractivity contribution in [3.8, 4) is 5.69 Å². The van der Waals surface area contributed by atoms with Crippen LogP contribution in [0.15, 0.2) is 48.5 Å². The Balaban J connectivity index is 1.98. The number of thioether (sulfide) groups is 1. The van der Waals surface area contributed by atoms with Gasteiger partial charge < -0.3 is 5.32 Å². The smallest absolute Gasteiger partial charge is 0.240 e. The minimum Gasteiger partial charge on any atom is -0.352 e. The van der Waals surface area contributed by atoms with E-state index < -0.39 is 16.5 Å². The number of hydrogen-bond donors (Lipinski definition) is 1. The molecular weight excluding hydrogens is 494 g/mol. The predicted molar refractivity (Wildman–Crippen MR) is 143 cm³/mol. The van der Waals surface area contributed by atoms with E-state index in [1.807, 2.05) is 40.7 Å². The maximum atomic E-state index is 14.3. The fourth-order valence-corrected chi connectivity index (χ4v) is 5.52. The highest BCUT2D eigenvalue weighted by Crippen LogP contribution is 2.48. The molecule has 0 spiro atoms. The molecule has 9 heteroatoms. The van der Waals surface area contributed by atoms with Crippen LogP contribution in [0, 0.1) is 11.6 Å². The molecule has 4 rings (SSSR count). The van der Waals surface area contributed by atoms with E-state index in [1.54, 1.807) is 22.9 Å². The molecule has 2 atom stereocenters. The van der Waals surface area contributed by atoms with Crippen LogP contribution in [-0.2, 0) is 15.0 Å². The fourth-order valence-electron chi connectivity index (χ4n) is 4.33. The topological polar surface area (TPSA) is 67.2 Å². The van der Waals surface area contributed by atoms with Crippen LogP contribution in [0.5, 0.6) is 0 Å². The Morgan fingerprint density at radius 2 is 1.86 bits per heavy atom. The maximum absolute atomic E-state index is 14.3. The number of amides is 2. The summed E-state index contributed by atoms with van der Waals surface area (Å²) < 4.78 is 29.7. The number of benzene rings is 2. The molecule has 2 aromatic carbocycles. The number of rotatable bonds is 6. The van der Waals surface area contributed by atoms with Gasteiger partial charge in [-0.05, 0) is 55.3 Å². The van der Waals surface area contributed by atoms with Gasteiger partial charge in [0.05, 0.1) is 22.4 Å². The van der Waals surface area contributed by atoms with Crippen LogP contribution in [0.4, 0.5) is 14.6 Å². The zero-order valence-corrected chi connectivity index (χ0v) is 22.5. The normalized spacial score (nSPS) is 16.8. The lowest BCUT2D eigenvalue weighted by atomic mass is 9.87. The summed E-state index contributed by atoms with van der Waals surface area (Å²) in [6.07, 6.45) is 0.754. The van der Waals surface area contributed by atoms with Gasteiger partial charge in [-0.15, -0.1) is 11.8 Å². The molecule has 1 aliphatic heterocycles. The van der Waals surface area contributed by atoms with E-state index in [9.17, 15) is 18.4 Å². The molecule has 6 nitrogen and oxygen atoms in total. The third-order valence-corrected chi connectivity index (χ3v) is 7.60. The zero-order valence-electron chi connectivity index (χ0n) is 21.7. The van der Waals surface area contributed by atoms with Crippen molar-refractivity contribution in [2.75, 3.05) is 17.2 Å². The number of fused-ring (bicyclic) bond motifs is 1. The van der Waals surface area contributed by atoms with E-state index >= 15 is 0 Å². The van der Waals surface area contributed by atoms with Gasteiger partial charge >= 0.3 is 0 Å². The summed E-state index contributed by atoms with van der Waals surface area (Å²) in [6, 6.07) is 12.1. The van der Waals surface area contributed by atoms with Crippen molar-refractivity contribution in [3.63, 3.8) is 0 Å². The molecule has 37 heavy (non-hydrogen) atoms. The number of carbonyl (C=O) groups excluding carboxylic acids is 2. The molecule has 0 saturated carbocycles. The summed E-state index contributed by atoms with van der Waals surface area (Å²) in [5.74, 6) is -0.768. The largest absolute Gasteiger partial charge is 0.352 e. The van der Waals surface area contributed by atoms with Crippen LogP contribution >= 0.6 is 11.8 Å². The van der Waals surface area contributed by atoms with Gasteiger partial charge in [-0.25, -0.2) is 13.5 Å². The average molecular weight is 527 g/mol. The summed E-state index contributed by atoms with van der Waals surface area (Å²) >= 11 is 1.38. The van der Waals surface area contributed by atoms with Gasteiger partial charge in [-0.3, -0.25) is 14.5 Å². The quantitative estimate of drug-likeness (QED) is 0.459. The van der Waals surface area contributed by atoms with Crippen LogP contribution in [0.25, 0.3) is 5.69 Å². The molecule has 2 amide bonds. The second-order valence-electron chi connectivity index (χ2n) is 10.3. The summed E-state index contributed by atoms with van der Waals surface area (Å²) in [5.41, 5.74) is 2.28. The molecule has 0 saturated heterocycles. The minimum absolute atomic E-state index is 0.0457. The summed E-state index contributed by atoms with van der Waals surface area (Å²) in [4.78, 5) is 28.0. The lowest BCUT2D eigenvalue weighted by Gasteiger charge is -2.25. The third kappa shape index (κ3) is 5.71. The number of halogens is 2. The van der Waals surface area contributed by atoms with Crippen LogP contribution < -0.4 is 10.2 Å². The van der Waals surface area contributed by atoms with Crippen LogP contribution in [0.2, 0.25) is 0 Å². The summed E-state index contributed by atoms with van der Waals surface area (Å²) in [7, 11) is 0. The highest BCUT2D eigenvalue weighted by molar-refractivity contribution is 8.00. The number of hydrogen-bond acceptors (Lipinski definition) is 4. The first-order chi connectivity index (χ1) is 17.5. The number of carbonyl (C=O) groups is 2. The molecule has 196 valence electrons. The number of anilines is 1. The van der Waals surface area contributed by atoms with E-state index in [2.05, 4.69) is 5.32 Å². The van der Waals surface area contributed by atoms with Gasteiger partial charge in [-0.2, -0.15) is 5.10 Å². The van der Waals surface area contributed by atoms with Crippen LogP contribution in [0.1, 0.15) is 63.1 Å². The van der Waals surface area contributed by atoms with Crippen molar-refractivity contribution in [3.05, 3.63) is 77.0 Å². The molecular formula is C28H32F2N4O2S. The Kier molecular flexibility index (Phi) is 7.73. The number of aromatic nitrogens is 2. The second-order valence-corrected chi connectivity index (χ2v) is 11.4. The van der Waals surface area contributed by atoms with Gasteiger partial charge in [-0.1, -0.05) is 39.8 Å². The minimum atomic E-state index is -0.445. The van der Waals surface area contributed by atoms with E-state index in [0.29, 0.717) is 17.1 Å². The van der Waals surface area contributed by atoms with E-state index in [4.69, 9.17) is 5.10 Å². The first-order valence-corrected chi connectivity index (χ1v) is 13.4. The van der Waals surface area contributed by atoms with Crippen LogP contribution in [0.3, 0.4) is 0 Å².